The number of carbonyl (C=O) groups excluding carboxylic acids is 1. The zero-order chi connectivity index (χ0) is 13.8. The first-order valence-electron chi connectivity index (χ1n) is 5.35. The van der Waals surface area contributed by atoms with E-state index in [0.29, 0.717) is 16.9 Å². The number of pyridine rings is 1. The van der Waals surface area contributed by atoms with E-state index in [1.807, 2.05) is 0 Å². The average molecular weight is 277 g/mol. The number of aromatic nitrogens is 1. The van der Waals surface area contributed by atoms with Crippen molar-refractivity contribution in [1.82, 2.24) is 4.98 Å². The summed E-state index contributed by atoms with van der Waals surface area (Å²) in [5.41, 5.74) is 0.589. The third-order valence-corrected chi connectivity index (χ3v) is 2.61. The van der Waals surface area contributed by atoms with Crippen molar-refractivity contribution in [2.75, 3.05) is 0 Å². The molecule has 2 rings (SSSR count). The molecule has 0 saturated heterocycles. The number of nitrogens with zero attached hydrogens (tertiary/aromatic N) is 1. The Kier molecular flexibility index (Phi) is 4.16. The highest BCUT2D eigenvalue weighted by atomic mass is 35.5. The van der Waals surface area contributed by atoms with E-state index in [1.165, 1.54) is 30.5 Å². The molecule has 1 heterocycles. The van der Waals surface area contributed by atoms with Gasteiger partial charge in [-0.25, -0.2) is 4.98 Å². The van der Waals surface area contributed by atoms with Crippen LogP contribution in [0, 0.1) is 0 Å². The molecule has 0 unspecified atom stereocenters. The molecule has 1 aromatic carbocycles. The number of carbonyl (C=O) groups is 1. The van der Waals surface area contributed by atoms with Gasteiger partial charge >= 0.3 is 7.12 Å². The van der Waals surface area contributed by atoms with Crippen molar-refractivity contribution in [2.24, 2.45) is 0 Å². The van der Waals surface area contributed by atoms with Crippen LogP contribution in [0.3, 0.4) is 0 Å². The van der Waals surface area contributed by atoms with Crippen molar-refractivity contribution in [3.63, 3.8) is 0 Å². The van der Waals surface area contributed by atoms with Crippen molar-refractivity contribution in [3.8, 4) is 11.6 Å². The molecule has 0 aliphatic heterocycles. The number of aldehydes is 1. The summed E-state index contributed by atoms with van der Waals surface area (Å²) in [5.74, 6) is 0.502. The van der Waals surface area contributed by atoms with Crippen LogP contribution in [0.2, 0.25) is 5.02 Å². The lowest BCUT2D eigenvalue weighted by Crippen LogP contribution is -2.29. The minimum atomic E-state index is -1.58. The maximum atomic E-state index is 10.9. The average Bonchev–Trinajstić information content (AvgIpc) is 2.39. The summed E-state index contributed by atoms with van der Waals surface area (Å²) in [4.78, 5) is 14.8. The molecule has 0 radical (unpaired) electrons. The third kappa shape index (κ3) is 3.32. The lowest BCUT2D eigenvalue weighted by Gasteiger charge is -2.08. The van der Waals surface area contributed by atoms with E-state index in [2.05, 4.69) is 4.98 Å². The van der Waals surface area contributed by atoms with Crippen molar-refractivity contribution in [1.29, 1.82) is 0 Å². The van der Waals surface area contributed by atoms with E-state index in [0.717, 1.165) is 0 Å². The molecule has 2 aromatic rings. The predicted molar refractivity (Wildman–Crippen MR) is 71.0 cm³/mol. The Hall–Kier alpha value is -1.89. The second kappa shape index (κ2) is 5.84. The Labute approximate surface area is 114 Å². The minimum Gasteiger partial charge on any atom is -0.438 e. The molecular weight excluding hydrogens is 268 g/mol. The van der Waals surface area contributed by atoms with Gasteiger partial charge in [0.15, 0.2) is 6.29 Å². The third-order valence-electron chi connectivity index (χ3n) is 2.37. The smallest absolute Gasteiger partial charge is 0.438 e. The van der Waals surface area contributed by atoms with Crippen LogP contribution in [-0.2, 0) is 0 Å². The molecule has 0 fully saturated rings. The van der Waals surface area contributed by atoms with Crippen molar-refractivity contribution < 1.29 is 19.6 Å². The van der Waals surface area contributed by atoms with E-state index in [-0.39, 0.29) is 17.1 Å². The number of halogens is 1. The van der Waals surface area contributed by atoms with Gasteiger partial charge in [0, 0.05) is 28.8 Å². The quantitative estimate of drug-likeness (QED) is 0.644. The second-order valence-electron chi connectivity index (χ2n) is 3.71. The summed E-state index contributed by atoms with van der Waals surface area (Å²) in [6.45, 7) is 0. The molecule has 7 heteroatoms. The van der Waals surface area contributed by atoms with E-state index >= 15 is 0 Å². The van der Waals surface area contributed by atoms with Crippen LogP contribution in [0.1, 0.15) is 10.4 Å². The van der Waals surface area contributed by atoms with E-state index in [4.69, 9.17) is 26.4 Å². The van der Waals surface area contributed by atoms with Crippen LogP contribution in [0.25, 0.3) is 0 Å². The van der Waals surface area contributed by atoms with Crippen molar-refractivity contribution in [2.45, 2.75) is 0 Å². The molecule has 0 spiro atoms. The van der Waals surface area contributed by atoms with Gasteiger partial charge in [0.2, 0.25) is 5.88 Å². The number of ether oxygens (including phenoxy) is 1. The maximum absolute atomic E-state index is 10.9. The summed E-state index contributed by atoms with van der Waals surface area (Å²) in [5, 5.41) is 18.3. The van der Waals surface area contributed by atoms with Crippen LogP contribution >= 0.6 is 11.6 Å². The monoisotopic (exact) mass is 277 g/mol. The Morgan fingerprint density at radius 2 is 2.05 bits per heavy atom. The van der Waals surface area contributed by atoms with E-state index in [1.54, 1.807) is 6.07 Å². The van der Waals surface area contributed by atoms with Gasteiger partial charge in [-0.2, -0.15) is 0 Å². The zero-order valence-corrected chi connectivity index (χ0v) is 10.4. The predicted octanol–water partition coefficient (Wildman–Crippen LogP) is 1.02. The fraction of sp³-hybridized carbons (Fsp3) is 0. The van der Waals surface area contributed by atoms with Gasteiger partial charge in [0.25, 0.3) is 0 Å². The van der Waals surface area contributed by atoms with Gasteiger partial charge in [-0.05, 0) is 12.1 Å². The number of hydrogen-bond acceptors (Lipinski definition) is 5. The Balaban J connectivity index is 2.25. The highest BCUT2D eigenvalue weighted by molar-refractivity contribution is 6.58. The molecule has 1 aromatic heterocycles. The topological polar surface area (TPSA) is 79.7 Å². The van der Waals surface area contributed by atoms with Gasteiger partial charge in [-0.1, -0.05) is 17.7 Å². The standard InChI is InChI=1S/C12H9BClNO4/c14-10-3-1-8(7-16)11(5-10)19-12-4-2-9(6-15-12)13(17)18/h1-7,17-18H. The van der Waals surface area contributed by atoms with Gasteiger partial charge in [0.05, 0.1) is 5.56 Å². The molecule has 0 bridgehead atoms. The van der Waals surface area contributed by atoms with Gasteiger partial charge in [-0.15, -0.1) is 0 Å². The van der Waals surface area contributed by atoms with Crippen LogP contribution in [0.4, 0.5) is 0 Å². The molecule has 0 saturated carbocycles. The minimum absolute atomic E-state index is 0.217. The zero-order valence-electron chi connectivity index (χ0n) is 9.65. The van der Waals surface area contributed by atoms with E-state index in [9.17, 15) is 4.79 Å². The molecule has 5 nitrogen and oxygen atoms in total. The fourth-order valence-corrected chi connectivity index (χ4v) is 1.57. The highest BCUT2D eigenvalue weighted by Gasteiger charge is 2.12. The first kappa shape index (κ1) is 13.5. The first-order chi connectivity index (χ1) is 9.10. The summed E-state index contributed by atoms with van der Waals surface area (Å²) in [7, 11) is -1.58. The van der Waals surface area contributed by atoms with Gasteiger partial charge in [0.1, 0.15) is 5.75 Å². The van der Waals surface area contributed by atoms with E-state index < -0.39 is 7.12 Å². The molecule has 96 valence electrons. The lowest BCUT2D eigenvalue weighted by atomic mass is 9.82. The molecule has 2 N–H and O–H groups in total. The molecule has 0 aliphatic carbocycles. The molecule has 19 heavy (non-hydrogen) atoms. The van der Waals surface area contributed by atoms with Gasteiger partial charge < -0.3 is 14.8 Å². The molecule has 0 atom stereocenters. The maximum Gasteiger partial charge on any atom is 0.490 e. The van der Waals surface area contributed by atoms with Crippen molar-refractivity contribution in [3.05, 3.63) is 47.1 Å². The fourth-order valence-electron chi connectivity index (χ4n) is 1.41. The summed E-state index contributed by atoms with van der Waals surface area (Å²) >= 11 is 5.82. The number of hydrogen-bond donors (Lipinski definition) is 2. The summed E-state index contributed by atoms with van der Waals surface area (Å²) in [6, 6.07) is 7.54. The largest absolute Gasteiger partial charge is 0.490 e. The second-order valence-corrected chi connectivity index (χ2v) is 4.14. The summed E-state index contributed by atoms with van der Waals surface area (Å²) < 4.78 is 5.43. The normalized spacial score (nSPS) is 10.1. The van der Waals surface area contributed by atoms with Gasteiger partial charge in [-0.3, -0.25) is 4.79 Å². The lowest BCUT2D eigenvalue weighted by molar-refractivity contribution is 0.112. The first-order valence-corrected chi connectivity index (χ1v) is 5.72. The van der Waals surface area contributed by atoms with Crippen LogP contribution < -0.4 is 10.2 Å². The van der Waals surface area contributed by atoms with Crippen LogP contribution in [-0.4, -0.2) is 28.4 Å². The Bertz CT molecular complexity index is 589. The highest BCUT2D eigenvalue weighted by Crippen LogP contribution is 2.26. The molecular formula is C12H9BClNO4. The number of rotatable bonds is 4. The van der Waals surface area contributed by atoms with Crippen molar-refractivity contribution >= 4 is 30.5 Å². The SMILES string of the molecule is O=Cc1ccc(Cl)cc1Oc1ccc(B(O)O)cn1. The molecule has 0 amide bonds. The van der Waals surface area contributed by atoms with Crippen LogP contribution in [0.5, 0.6) is 11.6 Å². The summed E-state index contributed by atoms with van der Waals surface area (Å²) in [6.07, 6.45) is 1.92. The molecule has 0 aliphatic rings. The number of benzene rings is 1. The Morgan fingerprint density at radius 3 is 2.63 bits per heavy atom. The Morgan fingerprint density at radius 1 is 1.26 bits per heavy atom. The van der Waals surface area contributed by atoms with Crippen LogP contribution in [0.15, 0.2) is 36.5 Å².